The van der Waals surface area contributed by atoms with Crippen molar-refractivity contribution < 1.29 is 9.59 Å². The van der Waals surface area contributed by atoms with E-state index in [4.69, 9.17) is 0 Å². The SMILES string of the molecule is CCN1C(=O)Cc2ccccc2C1C(=O)NCc1ccccc1Br. The summed E-state index contributed by atoms with van der Waals surface area (Å²) in [4.78, 5) is 26.9. The zero-order valence-corrected chi connectivity index (χ0v) is 15.0. The lowest BCUT2D eigenvalue weighted by atomic mass is 9.91. The van der Waals surface area contributed by atoms with Crippen LogP contribution in [-0.4, -0.2) is 23.3 Å². The molecular weight excluding hydrogens is 368 g/mol. The molecule has 1 N–H and O–H groups in total. The van der Waals surface area contributed by atoms with Gasteiger partial charge in [-0.05, 0) is 29.7 Å². The minimum atomic E-state index is -0.560. The van der Waals surface area contributed by atoms with Crippen LogP contribution in [0.15, 0.2) is 53.0 Å². The second-order valence-electron chi connectivity index (χ2n) is 5.77. The molecular formula is C19H19BrN2O2. The van der Waals surface area contributed by atoms with E-state index in [1.54, 1.807) is 4.90 Å². The Hall–Kier alpha value is -2.14. The number of hydrogen-bond donors (Lipinski definition) is 1. The van der Waals surface area contributed by atoms with Crippen LogP contribution >= 0.6 is 15.9 Å². The van der Waals surface area contributed by atoms with E-state index in [2.05, 4.69) is 21.2 Å². The number of nitrogens with zero attached hydrogens (tertiary/aromatic N) is 1. The molecule has 0 saturated heterocycles. The highest BCUT2D eigenvalue weighted by molar-refractivity contribution is 9.10. The minimum absolute atomic E-state index is 0.00255. The van der Waals surface area contributed by atoms with E-state index in [9.17, 15) is 9.59 Å². The smallest absolute Gasteiger partial charge is 0.247 e. The Morgan fingerprint density at radius 1 is 1.21 bits per heavy atom. The number of likely N-dealkylation sites (N-methyl/N-ethyl adjacent to an activating group) is 1. The molecule has 5 heteroatoms. The molecule has 2 aromatic rings. The van der Waals surface area contributed by atoms with E-state index in [-0.39, 0.29) is 11.8 Å². The Bertz CT molecular complexity index is 775. The highest BCUT2D eigenvalue weighted by Gasteiger charge is 2.35. The summed E-state index contributed by atoms with van der Waals surface area (Å²) in [5.41, 5.74) is 2.86. The van der Waals surface area contributed by atoms with E-state index in [1.807, 2.05) is 55.5 Å². The third-order valence-electron chi connectivity index (χ3n) is 4.32. The molecule has 0 spiro atoms. The van der Waals surface area contributed by atoms with Crippen molar-refractivity contribution in [1.29, 1.82) is 0 Å². The lowest BCUT2D eigenvalue weighted by Gasteiger charge is -2.35. The molecule has 1 heterocycles. The highest BCUT2D eigenvalue weighted by atomic mass is 79.9. The van der Waals surface area contributed by atoms with Crippen molar-refractivity contribution in [2.45, 2.75) is 25.9 Å². The Morgan fingerprint density at radius 3 is 2.67 bits per heavy atom. The standard InChI is InChI=1S/C19H19BrN2O2/c1-2-22-17(23)11-13-7-3-5-9-15(13)18(22)19(24)21-12-14-8-4-6-10-16(14)20/h3-10,18H,2,11-12H2,1H3,(H,21,24). The first-order valence-corrected chi connectivity index (χ1v) is 8.79. The number of hydrogen-bond acceptors (Lipinski definition) is 2. The molecule has 0 fully saturated rings. The van der Waals surface area contributed by atoms with Crippen LogP contribution in [0.2, 0.25) is 0 Å². The number of benzene rings is 2. The lowest BCUT2D eigenvalue weighted by Crippen LogP contribution is -2.47. The van der Waals surface area contributed by atoms with Crippen LogP contribution in [0.3, 0.4) is 0 Å². The van der Waals surface area contributed by atoms with E-state index in [1.165, 1.54) is 0 Å². The first-order chi connectivity index (χ1) is 11.6. The summed E-state index contributed by atoms with van der Waals surface area (Å²) in [7, 11) is 0. The molecule has 4 nitrogen and oxygen atoms in total. The van der Waals surface area contributed by atoms with E-state index in [0.29, 0.717) is 19.5 Å². The summed E-state index contributed by atoms with van der Waals surface area (Å²) in [5, 5.41) is 2.97. The normalized spacial score (nSPS) is 16.7. The number of carbonyl (C=O) groups excluding carboxylic acids is 2. The summed E-state index contributed by atoms with van der Waals surface area (Å²) in [6, 6.07) is 14.9. The molecule has 24 heavy (non-hydrogen) atoms. The summed E-state index contributed by atoms with van der Waals surface area (Å²) < 4.78 is 0.956. The quantitative estimate of drug-likeness (QED) is 0.876. The molecule has 0 aliphatic carbocycles. The number of nitrogens with one attached hydrogen (secondary N) is 1. The first kappa shape index (κ1) is 16.7. The van der Waals surface area contributed by atoms with Gasteiger partial charge in [-0.3, -0.25) is 9.59 Å². The molecule has 1 aliphatic rings. The van der Waals surface area contributed by atoms with Gasteiger partial charge >= 0.3 is 0 Å². The third-order valence-corrected chi connectivity index (χ3v) is 5.10. The Kier molecular flexibility index (Phi) is 5.00. The Balaban J connectivity index is 1.84. The molecule has 0 bridgehead atoms. The van der Waals surface area contributed by atoms with Gasteiger partial charge in [-0.25, -0.2) is 0 Å². The highest BCUT2D eigenvalue weighted by Crippen LogP contribution is 2.30. The van der Waals surface area contributed by atoms with Crippen LogP contribution in [0.4, 0.5) is 0 Å². The fourth-order valence-electron chi connectivity index (χ4n) is 3.10. The van der Waals surface area contributed by atoms with Crippen LogP contribution in [0.5, 0.6) is 0 Å². The Labute approximate surface area is 150 Å². The van der Waals surface area contributed by atoms with Crippen molar-refractivity contribution in [3.8, 4) is 0 Å². The summed E-state index contributed by atoms with van der Waals surface area (Å²) in [6.07, 6.45) is 0.359. The van der Waals surface area contributed by atoms with Crippen molar-refractivity contribution in [2.75, 3.05) is 6.54 Å². The minimum Gasteiger partial charge on any atom is -0.350 e. The van der Waals surface area contributed by atoms with E-state index < -0.39 is 6.04 Å². The molecule has 0 saturated carbocycles. The van der Waals surface area contributed by atoms with Crippen LogP contribution in [-0.2, 0) is 22.6 Å². The van der Waals surface area contributed by atoms with Crippen LogP contribution < -0.4 is 5.32 Å². The molecule has 1 unspecified atom stereocenters. The van der Waals surface area contributed by atoms with Gasteiger partial charge in [0.15, 0.2) is 0 Å². The maximum absolute atomic E-state index is 12.8. The summed E-state index contributed by atoms with van der Waals surface area (Å²) in [5.74, 6) is -0.148. The first-order valence-electron chi connectivity index (χ1n) is 8.00. The van der Waals surface area contributed by atoms with Gasteiger partial charge in [-0.2, -0.15) is 0 Å². The lowest BCUT2D eigenvalue weighted by molar-refractivity contribution is -0.141. The zero-order chi connectivity index (χ0) is 17.1. The van der Waals surface area contributed by atoms with Crippen molar-refractivity contribution in [3.05, 3.63) is 69.7 Å². The zero-order valence-electron chi connectivity index (χ0n) is 13.5. The molecule has 124 valence electrons. The number of carbonyl (C=O) groups is 2. The maximum Gasteiger partial charge on any atom is 0.247 e. The molecule has 0 radical (unpaired) electrons. The Morgan fingerprint density at radius 2 is 1.92 bits per heavy atom. The number of amides is 2. The molecule has 1 atom stereocenters. The molecule has 0 aromatic heterocycles. The summed E-state index contributed by atoms with van der Waals surface area (Å²) in [6.45, 7) is 2.84. The average molecular weight is 387 g/mol. The van der Waals surface area contributed by atoms with Gasteiger partial charge in [-0.1, -0.05) is 58.4 Å². The number of fused-ring (bicyclic) bond motifs is 1. The second-order valence-corrected chi connectivity index (χ2v) is 6.62. The van der Waals surface area contributed by atoms with Gasteiger partial charge in [0.05, 0.1) is 6.42 Å². The topological polar surface area (TPSA) is 49.4 Å². The monoisotopic (exact) mass is 386 g/mol. The van der Waals surface area contributed by atoms with E-state index >= 15 is 0 Å². The fraction of sp³-hybridized carbons (Fsp3) is 0.263. The molecule has 3 rings (SSSR count). The molecule has 2 aromatic carbocycles. The van der Waals surface area contributed by atoms with Crippen LogP contribution in [0.25, 0.3) is 0 Å². The van der Waals surface area contributed by atoms with E-state index in [0.717, 1.165) is 21.2 Å². The van der Waals surface area contributed by atoms with Crippen LogP contribution in [0, 0.1) is 0 Å². The predicted octanol–water partition coefficient (Wildman–Crippen LogP) is 3.21. The second kappa shape index (κ2) is 7.18. The fourth-order valence-corrected chi connectivity index (χ4v) is 3.53. The average Bonchev–Trinajstić information content (AvgIpc) is 2.59. The van der Waals surface area contributed by atoms with Crippen molar-refractivity contribution in [1.82, 2.24) is 10.2 Å². The third kappa shape index (κ3) is 3.22. The maximum atomic E-state index is 12.8. The van der Waals surface area contributed by atoms with Crippen molar-refractivity contribution >= 4 is 27.7 Å². The largest absolute Gasteiger partial charge is 0.350 e. The summed E-state index contributed by atoms with van der Waals surface area (Å²) >= 11 is 3.49. The van der Waals surface area contributed by atoms with Gasteiger partial charge in [0, 0.05) is 17.6 Å². The van der Waals surface area contributed by atoms with Gasteiger partial charge < -0.3 is 10.2 Å². The molecule has 1 aliphatic heterocycles. The molecule has 2 amide bonds. The van der Waals surface area contributed by atoms with Crippen molar-refractivity contribution in [2.24, 2.45) is 0 Å². The van der Waals surface area contributed by atoms with Gasteiger partial charge in [0.25, 0.3) is 0 Å². The van der Waals surface area contributed by atoms with Gasteiger partial charge in [0.1, 0.15) is 6.04 Å². The predicted molar refractivity (Wildman–Crippen MR) is 96.3 cm³/mol. The van der Waals surface area contributed by atoms with Crippen molar-refractivity contribution in [3.63, 3.8) is 0 Å². The van der Waals surface area contributed by atoms with Crippen LogP contribution in [0.1, 0.15) is 29.7 Å². The van der Waals surface area contributed by atoms with Gasteiger partial charge in [0.2, 0.25) is 11.8 Å². The number of rotatable bonds is 4. The van der Waals surface area contributed by atoms with Gasteiger partial charge in [-0.15, -0.1) is 0 Å². The number of halogens is 1.